The highest BCUT2D eigenvalue weighted by molar-refractivity contribution is 5.79. The van der Waals surface area contributed by atoms with E-state index in [4.69, 9.17) is 9.84 Å². The highest BCUT2D eigenvalue weighted by Crippen LogP contribution is 2.30. The molecule has 0 aromatic heterocycles. The van der Waals surface area contributed by atoms with Crippen LogP contribution in [0.4, 0.5) is 0 Å². The predicted octanol–water partition coefficient (Wildman–Crippen LogP) is 1.78. The predicted molar refractivity (Wildman–Crippen MR) is 56.0 cm³/mol. The van der Waals surface area contributed by atoms with Gasteiger partial charge in [0, 0.05) is 0 Å². The van der Waals surface area contributed by atoms with E-state index in [0.29, 0.717) is 23.8 Å². The largest absolute Gasteiger partial charge is 0.493 e. The summed E-state index contributed by atoms with van der Waals surface area (Å²) in [4.78, 5) is 10.7. The number of aliphatic hydroxyl groups excluding tert-OH is 1. The number of hydrogen-bond acceptors (Lipinski definition) is 3. The third kappa shape index (κ3) is 2.57. The average molecular weight is 206 g/mol. The molecular formula is C12H14O3. The van der Waals surface area contributed by atoms with Crippen LogP contribution in [0.3, 0.4) is 0 Å². The summed E-state index contributed by atoms with van der Waals surface area (Å²) in [7, 11) is 0. The van der Waals surface area contributed by atoms with Gasteiger partial charge in [0.2, 0.25) is 0 Å². The molecule has 0 radical (unpaired) electrons. The van der Waals surface area contributed by atoms with Gasteiger partial charge in [-0.05, 0) is 36.5 Å². The second-order valence-electron chi connectivity index (χ2n) is 3.90. The Bertz CT molecular complexity index is 356. The van der Waals surface area contributed by atoms with Crippen LogP contribution in [0.1, 0.15) is 28.8 Å². The summed E-state index contributed by atoms with van der Waals surface area (Å²) in [5.41, 5.74) is 1.32. The third-order valence-corrected chi connectivity index (χ3v) is 2.56. The molecule has 2 rings (SSSR count). The van der Waals surface area contributed by atoms with Crippen molar-refractivity contribution >= 4 is 6.29 Å². The molecule has 80 valence electrons. The fourth-order valence-electron chi connectivity index (χ4n) is 1.39. The molecule has 0 aliphatic heterocycles. The van der Waals surface area contributed by atoms with E-state index in [0.717, 1.165) is 11.8 Å². The Balaban J connectivity index is 2.12. The molecule has 3 nitrogen and oxygen atoms in total. The van der Waals surface area contributed by atoms with Gasteiger partial charge in [0.05, 0.1) is 18.8 Å². The summed E-state index contributed by atoms with van der Waals surface area (Å²) in [5.74, 6) is 1.24. The van der Waals surface area contributed by atoms with Gasteiger partial charge in [-0.15, -0.1) is 0 Å². The van der Waals surface area contributed by atoms with Gasteiger partial charge in [-0.3, -0.25) is 4.79 Å². The Morgan fingerprint density at radius 2 is 2.27 bits per heavy atom. The monoisotopic (exact) mass is 206 g/mol. The molecule has 1 saturated carbocycles. The van der Waals surface area contributed by atoms with E-state index in [1.165, 1.54) is 12.8 Å². The molecule has 1 aliphatic rings. The van der Waals surface area contributed by atoms with Crippen LogP contribution in [0, 0.1) is 5.92 Å². The number of hydrogen-bond donors (Lipinski definition) is 1. The molecule has 1 fully saturated rings. The van der Waals surface area contributed by atoms with Gasteiger partial charge >= 0.3 is 0 Å². The molecule has 0 spiro atoms. The first-order valence-electron chi connectivity index (χ1n) is 5.15. The average Bonchev–Trinajstić information content (AvgIpc) is 3.09. The zero-order valence-electron chi connectivity index (χ0n) is 8.48. The Labute approximate surface area is 88.7 Å². The van der Waals surface area contributed by atoms with Crippen molar-refractivity contribution in [1.29, 1.82) is 0 Å². The first-order valence-corrected chi connectivity index (χ1v) is 5.15. The van der Waals surface area contributed by atoms with E-state index in [-0.39, 0.29) is 6.61 Å². The molecule has 1 N–H and O–H groups in total. The first kappa shape index (κ1) is 10.2. The maximum Gasteiger partial charge on any atom is 0.153 e. The van der Waals surface area contributed by atoms with Gasteiger partial charge in [-0.1, -0.05) is 6.07 Å². The molecule has 15 heavy (non-hydrogen) atoms. The van der Waals surface area contributed by atoms with E-state index in [2.05, 4.69) is 0 Å². The lowest BCUT2D eigenvalue weighted by Gasteiger charge is -2.08. The van der Waals surface area contributed by atoms with Crippen LogP contribution in [0.25, 0.3) is 0 Å². The molecule has 1 aromatic rings. The van der Waals surface area contributed by atoms with Crippen molar-refractivity contribution in [2.75, 3.05) is 6.61 Å². The first-order chi connectivity index (χ1) is 7.33. The molecule has 0 bridgehead atoms. The maximum absolute atomic E-state index is 10.7. The van der Waals surface area contributed by atoms with E-state index in [1.807, 2.05) is 0 Å². The fraction of sp³-hybridized carbons (Fsp3) is 0.417. The molecular weight excluding hydrogens is 192 g/mol. The van der Waals surface area contributed by atoms with Crippen molar-refractivity contribution < 1.29 is 14.6 Å². The number of benzene rings is 1. The summed E-state index contributed by atoms with van der Waals surface area (Å²) in [6.45, 7) is 0.647. The van der Waals surface area contributed by atoms with Crippen molar-refractivity contribution in [2.24, 2.45) is 5.92 Å². The SMILES string of the molecule is O=Cc1ccc(CO)cc1OCC1CC1. The Morgan fingerprint density at radius 3 is 2.87 bits per heavy atom. The molecule has 3 heteroatoms. The number of aliphatic hydroxyl groups is 1. The van der Waals surface area contributed by atoms with E-state index >= 15 is 0 Å². The van der Waals surface area contributed by atoms with Crippen LogP contribution in [-0.2, 0) is 6.61 Å². The lowest BCUT2D eigenvalue weighted by atomic mass is 10.1. The highest BCUT2D eigenvalue weighted by Gasteiger charge is 2.22. The number of carbonyl (C=O) groups is 1. The number of carbonyl (C=O) groups excluding carboxylic acids is 1. The van der Waals surface area contributed by atoms with Crippen LogP contribution in [0.15, 0.2) is 18.2 Å². The van der Waals surface area contributed by atoms with Crippen molar-refractivity contribution in [3.05, 3.63) is 29.3 Å². The summed E-state index contributed by atoms with van der Waals surface area (Å²) < 4.78 is 5.55. The lowest BCUT2D eigenvalue weighted by Crippen LogP contribution is -2.02. The topological polar surface area (TPSA) is 46.5 Å². The second kappa shape index (κ2) is 4.45. The summed E-state index contributed by atoms with van der Waals surface area (Å²) >= 11 is 0. The molecule has 0 saturated heterocycles. The third-order valence-electron chi connectivity index (χ3n) is 2.56. The van der Waals surface area contributed by atoms with Crippen molar-refractivity contribution in [1.82, 2.24) is 0 Å². The Kier molecular flexibility index (Phi) is 3.02. The van der Waals surface area contributed by atoms with Gasteiger partial charge in [0.1, 0.15) is 5.75 Å². The van der Waals surface area contributed by atoms with Gasteiger partial charge < -0.3 is 9.84 Å². The zero-order chi connectivity index (χ0) is 10.7. The van der Waals surface area contributed by atoms with Crippen LogP contribution < -0.4 is 4.74 Å². The van der Waals surface area contributed by atoms with Crippen molar-refractivity contribution in [3.63, 3.8) is 0 Å². The summed E-state index contributed by atoms with van der Waals surface area (Å²) in [6.07, 6.45) is 3.22. The molecule has 0 heterocycles. The minimum Gasteiger partial charge on any atom is -0.493 e. The van der Waals surface area contributed by atoms with Gasteiger partial charge in [-0.2, -0.15) is 0 Å². The molecule has 0 atom stereocenters. The zero-order valence-corrected chi connectivity index (χ0v) is 8.48. The minimum absolute atomic E-state index is 0.0288. The normalized spacial score (nSPS) is 15.0. The number of ether oxygens (including phenoxy) is 1. The minimum atomic E-state index is -0.0288. The van der Waals surface area contributed by atoms with Crippen LogP contribution in [0.2, 0.25) is 0 Å². The number of aldehydes is 1. The van der Waals surface area contributed by atoms with Gasteiger partial charge in [0.15, 0.2) is 6.29 Å². The highest BCUT2D eigenvalue weighted by atomic mass is 16.5. The Hall–Kier alpha value is -1.35. The smallest absolute Gasteiger partial charge is 0.153 e. The second-order valence-corrected chi connectivity index (χ2v) is 3.90. The lowest BCUT2D eigenvalue weighted by molar-refractivity contribution is 0.111. The van der Waals surface area contributed by atoms with E-state index in [1.54, 1.807) is 18.2 Å². The maximum atomic E-state index is 10.7. The number of rotatable bonds is 5. The van der Waals surface area contributed by atoms with E-state index < -0.39 is 0 Å². The molecule has 0 amide bonds. The Morgan fingerprint density at radius 1 is 1.47 bits per heavy atom. The van der Waals surface area contributed by atoms with Gasteiger partial charge in [-0.25, -0.2) is 0 Å². The quantitative estimate of drug-likeness (QED) is 0.747. The van der Waals surface area contributed by atoms with Crippen molar-refractivity contribution in [3.8, 4) is 5.75 Å². The van der Waals surface area contributed by atoms with Gasteiger partial charge in [0.25, 0.3) is 0 Å². The van der Waals surface area contributed by atoms with Crippen molar-refractivity contribution in [2.45, 2.75) is 19.4 Å². The van der Waals surface area contributed by atoms with Crippen LogP contribution in [-0.4, -0.2) is 18.0 Å². The van der Waals surface area contributed by atoms with Crippen LogP contribution >= 0.6 is 0 Å². The molecule has 1 aromatic carbocycles. The standard InChI is InChI=1S/C12H14O3/c13-6-10-3-4-11(7-14)12(5-10)15-8-9-1-2-9/h3-5,7,9,13H,1-2,6,8H2. The summed E-state index contributed by atoms with van der Waals surface area (Å²) in [5, 5.41) is 8.97. The van der Waals surface area contributed by atoms with E-state index in [9.17, 15) is 4.79 Å². The summed E-state index contributed by atoms with van der Waals surface area (Å²) in [6, 6.07) is 5.14. The van der Waals surface area contributed by atoms with Crippen LogP contribution in [0.5, 0.6) is 5.75 Å². The molecule has 0 unspecified atom stereocenters. The fourth-order valence-corrected chi connectivity index (χ4v) is 1.39. The molecule has 1 aliphatic carbocycles.